The van der Waals surface area contributed by atoms with E-state index in [1.54, 1.807) is 12.1 Å². The van der Waals surface area contributed by atoms with Gasteiger partial charge in [0.2, 0.25) is 5.95 Å². The van der Waals surface area contributed by atoms with Crippen molar-refractivity contribution in [1.82, 2.24) is 15.3 Å². The van der Waals surface area contributed by atoms with Crippen molar-refractivity contribution in [3.8, 4) is 5.75 Å². The lowest BCUT2D eigenvalue weighted by Crippen LogP contribution is -2.30. The molecule has 0 unspecified atom stereocenters. The Morgan fingerprint density at radius 1 is 1.27 bits per heavy atom. The summed E-state index contributed by atoms with van der Waals surface area (Å²) in [5, 5.41) is 5.56. The van der Waals surface area contributed by atoms with Crippen molar-refractivity contribution in [1.29, 1.82) is 0 Å². The van der Waals surface area contributed by atoms with Crippen LogP contribution >= 0.6 is 0 Å². The van der Waals surface area contributed by atoms with Gasteiger partial charge in [-0.1, -0.05) is 0 Å². The van der Waals surface area contributed by atoms with Crippen LogP contribution in [-0.2, 0) is 6.18 Å². The van der Waals surface area contributed by atoms with Crippen molar-refractivity contribution in [2.45, 2.75) is 33.0 Å². The molecule has 6 nitrogen and oxygen atoms in total. The van der Waals surface area contributed by atoms with E-state index in [9.17, 15) is 18.0 Å². The van der Waals surface area contributed by atoms with E-state index in [2.05, 4.69) is 20.6 Å². The Balaban J connectivity index is 2.27. The number of benzene rings is 1. The highest BCUT2D eigenvalue weighted by Crippen LogP contribution is 2.32. The molecule has 0 radical (unpaired) electrons. The fourth-order valence-corrected chi connectivity index (χ4v) is 2.21. The quantitative estimate of drug-likeness (QED) is 0.842. The first-order valence-corrected chi connectivity index (χ1v) is 7.78. The molecule has 0 saturated carbocycles. The topological polar surface area (TPSA) is 76.1 Å². The number of halogens is 3. The lowest BCUT2D eigenvalue weighted by atomic mass is 10.1. The molecule has 2 aromatic rings. The standard InChI is InChI=1S/C17H19F3N4O2/c1-9(2)22-15(25)11-5-6-13(14(7-11)26-4)24-16-21-8-12(10(3)23-16)17(18,19)20/h5-9H,1-4H3,(H,22,25)(H,21,23,24). The monoisotopic (exact) mass is 368 g/mol. The summed E-state index contributed by atoms with van der Waals surface area (Å²) >= 11 is 0. The molecule has 0 saturated heterocycles. The van der Waals surface area contributed by atoms with Gasteiger partial charge in [-0.15, -0.1) is 0 Å². The van der Waals surface area contributed by atoms with Gasteiger partial charge in [-0.25, -0.2) is 9.97 Å². The normalized spacial score (nSPS) is 11.4. The highest BCUT2D eigenvalue weighted by atomic mass is 19.4. The molecule has 0 aliphatic heterocycles. The number of aryl methyl sites for hydroxylation is 1. The van der Waals surface area contributed by atoms with E-state index < -0.39 is 11.7 Å². The lowest BCUT2D eigenvalue weighted by molar-refractivity contribution is -0.138. The summed E-state index contributed by atoms with van der Waals surface area (Å²) in [4.78, 5) is 19.6. The molecule has 0 atom stereocenters. The molecule has 1 heterocycles. The largest absolute Gasteiger partial charge is 0.495 e. The van der Waals surface area contributed by atoms with Crippen LogP contribution in [0.15, 0.2) is 24.4 Å². The predicted molar refractivity (Wildman–Crippen MR) is 90.6 cm³/mol. The zero-order valence-electron chi connectivity index (χ0n) is 14.7. The summed E-state index contributed by atoms with van der Waals surface area (Å²) < 4.78 is 43.6. The van der Waals surface area contributed by atoms with Gasteiger partial charge in [0.1, 0.15) is 5.75 Å². The van der Waals surface area contributed by atoms with Crippen LogP contribution in [0.4, 0.5) is 24.8 Å². The van der Waals surface area contributed by atoms with Crippen LogP contribution in [0.5, 0.6) is 5.75 Å². The van der Waals surface area contributed by atoms with E-state index >= 15 is 0 Å². The number of ether oxygens (including phenoxy) is 1. The number of hydrogen-bond acceptors (Lipinski definition) is 5. The molecule has 1 aromatic carbocycles. The third-order valence-electron chi connectivity index (χ3n) is 3.41. The van der Waals surface area contributed by atoms with E-state index in [-0.39, 0.29) is 23.6 Å². The van der Waals surface area contributed by atoms with Crippen molar-refractivity contribution in [2.24, 2.45) is 0 Å². The average Bonchev–Trinajstić information content (AvgIpc) is 2.53. The van der Waals surface area contributed by atoms with Crippen molar-refractivity contribution < 1.29 is 22.7 Å². The highest BCUT2D eigenvalue weighted by Gasteiger charge is 2.33. The van der Waals surface area contributed by atoms with Crippen LogP contribution < -0.4 is 15.4 Å². The molecule has 1 aromatic heterocycles. The van der Waals surface area contributed by atoms with Gasteiger partial charge in [0.05, 0.1) is 24.1 Å². The summed E-state index contributed by atoms with van der Waals surface area (Å²) in [6.45, 7) is 4.94. The van der Waals surface area contributed by atoms with Gasteiger partial charge in [-0.2, -0.15) is 13.2 Å². The Morgan fingerprint density at radius 3 is 2.50 bits per heavy atom. The molecule has 9 heteroatoms. The number of anilines is 2. The molecule has 0 fully saturated rings. The average molecular weight is 368 g/mol. The van der Waals surface area contributed by atoms with Crippen LogP contribution in [-0.4, -0.2) is 29.0 Å². The third-order valence-corrected chi connectivity index (χ3v) is 3.41. The Bertz CT molecular complexity index is 807. The first-order chi connectivity index (χ1) is 12.1. The molecule has 0 spiro atoms. The maximum Gasteiger partial charge on any atom is 0.419 e. The second kappa shape index (κ2) is 7.59. The summed E-state index contributed by atoms with van der Waals surface area (Å²) in [5.74, 6) is 0.0715. The maximum atomic E-state index is 12.8. The Kier molecular flexibility index (Phi) is 5.69. The Morgan fingerprint density at radius 2 is 1.96 bits per heavy atom. The summed E-state index contributed by atoms with van der Waals surface area (Å²) in [6, 6.07) is 4.65. The van der Waals surface area contributed by atoms with Crippen LogP contribution in [0.3, 0.4) is 0 Å². The number of alkyl halides is 3. The van der Waals surface area contributed by atoms with Gasteiger partial charge in [-0.3, -0.25) is 4.79 Å². The minimum atomic E-state index is -4.51. The van der Waals surface area contributed by atoms with Gasteiger partial charge in [0, 0.05) is 17.8 Å². The molecule has 2 rings (SSSR count). The van der Waals surface area contributed by atoms with E-state index in [4.69, 9.17) is 4.74 Å². The van der Waals surface area contributed by atoms with Gasteiger partial charge in [0.15, 0.2) is 0 Å². The van der Waals surface area contributed by atoms with E-state index in [0.717, 1.165) is 6.20 Å². The van der Waals surface area contributed by atoms with Crippen LogP contribution in [0.2, 0.25) is 0 Å². The van der Waals surface area contributed by atoms with Crippen molar-refractivity contribution in [3.05, 3.63) is 41.2 Å². The molecule has 140 valence electrons. The van der Waals surface area contributed by atoms with Crippen LogP contribution in [0.25, 0.3) is 0 Å². The molecule has 1 amide bonds. The molecular weight excluding hydrogens is 349 g/mol. The molecular formula is C17H19F3N4O2. The maximum absolute atomic E-state index is 12.8. The smallest absolute Gasteiger partial charge is 0.419 e. The SMILES string of the molecule is COc1cc(C(=O)NC(C)C)ccc1Nc1ncc(C(F)(F)F)c(C)n1. The summed E-state index contributed by atoms with van der Waals surface area (Å²) in [5.41, 5.74) is -0.268. The van der Waals surface area contributed by atoms with Gasteiger partial charge in [-0.05, 0) is 39.0 Å². The zero-order chi connectivity index (χ0) is 19.5. The first kappa shape index (κ1) is 19.5. The summed E-state index contributed by atoms with van der Waals surface area (Å²) in [7, 11) is 1.42. The number of rotatable bonds is 5. The number of nitrogens with one attached hydrogen (secondary N) is 2. The molecule has 0 aliphatic carbocycles. The second-order valence-electron chi connectivity index (χ2n) is 5.86. The van der Waals surface area contributed by atoms with Crippen molar-refractivity contribution in [2.75, 3.05) is 12.4 Å². The number of nitrogens with zero attached hydrogens (tertiary/aromatic N) is 2. The van der Waals surface area contributed by atoms with Gasteiger partial charge in [0.25, 0.3) is 5.91 Å². The fourth-order valence-electron chi connectivity index (χ4n) is 2.21. The minimum Gasteiger partial charge on any atom is -0.495 e. The van der Waals surface area contributed by atoms with E-state index in [0.29, 0.717) is 17.0 Å². The van der Waals surface area contributed by atoms with Crippen LogP contribution in [0, 0.1) is 6.92 Å². The number of aromatic nitrogens is 2. The number of carbonyl (C=O) groups excluding carboxylic acids is 1. The first-order valence-electron chi connectivity index (χ1n) is 7.78. The number of methoxy groups -OCH3 is 1. The van der Waals surface area contributed by atoms with Crippen molar-refractivity contribution >= 4 is 17.5 Å². The summed E-state index contributed by atoms with van der Waals surface area (Å²) in [6.07, 6.45) is -3.78. The number of amides is 1. The lowest BCUT2D eigenvalue weighted by Gasteiger charge is -2.14. The minimum absolute atomic E-state index is 0.00631. The second-order valence-corrected chi connectivity index (χ2v) is 5.86. The Labute approximate surface area is 148 Å². The van der Waals surface area contributed by atoms with E-state index in [1.165, 1.54) is 20.1 Å². The zero-order valence-corrected chi connectivity index (χ0v) is 14.7. The molecule has 0 aliphatic rings. The van der Waals surface area contributed by atoms with Gasteiger partial charge < -0.3 is 15.4 Å². The molecule has 2 N–H and O–H groups in total. The molecule has 0 bridgehead atoms. The number of carbonyl (C=O) groups is 1. The number of hydrogen-bond donors (Lipinski definition) is 2. The van der Waals surface area contributed by atoms with Gasteiger partial charge >= 0.3 is 6.18 Å². The van der Waals surface area contributed by atoms with E-state index in [1.807, 2.05) is 13.8 Å². The third kappa shape index (κ3) is 4.62. The van der Waals surface area contributed by atoms with Crippen LogP contribution in [0.1, 0.15) is 35.5 Å². The Hall–Kier alpha value is -2.84. The predicted octanol–water partition coefficient (Wildman–Crippen LogP) is 3.69. The fraction of sp³-hybridized carbons (Fsp3) is 0.353. The van der Waals surface area contributed by atoms with Crippen molar-refractivity contribution in [3.63, 3.8) is 0 Å². The highest BCUT2D eigenvalue weighted by molar-refractivity contribution is 5.95. The molecule has 26 heavy (non-hydrogen) atoms.